The van der Waals surface area contributed by atoms with E-state index in [2.05, 4.69) is 127 Å². The van der Waals surface area contributed by atoms with Crippen molar-refractivity contribution in [1.82, 2.24) is 15.0 Å². The number of benzene rings is 7. The Morgan fingerprint density at radius 2 is 1.06 bits per heavy atom. The standard InChI is InChI=1S/C44H27N3O/c1-3-12-27(13-4-1)34-22-23-37-40(36-25-29-16-7-8-17-30(29)26-38(36)48-37)41(34)44-46-42(28-14-5-2-6-15-28)45-43(47-44)35-21-11-19-32-24-31-18-9-10-20-33(31)39(32)35/h1-23,25-26H,24H2. The van der Waals surface area contributed by atoms with Gasteiger partial charge in [-0.25, -0.2) is 15.0 Å². The third kappa shape index (κ3) is 4.20. The summed E-state index contributed by atoms with van der Waals surface area (Å²) >= 11 is 0. The van der Waals surface area contributed by atoms with E-state index in [0.717, 1.165) is 66.9 Å². The van der Waals surface area contributed by atoms with Gasteiger partial charge in [0.25, 0.3) is 0 Å². The van der Waals surface area contributed by atoms with Crippen molar-refractivity contribution in [3.05, 3.63) is 163 Å². The van der Waals surface area contributed by atoms with Gasteiger partial charge in [-0.15, -0.1) is 0 Å². The first-order valence-corrected chi connectivity index (χ1v) is 16.2. The van der Waals surface area contributed by atoms with E-state index in [0.29, 0.717) is 17.5 Å². The van der Waals surface area contributed by atoms with Gasteiger partial charge < -0.3 is 4.42 Å². The summed E-state index contributed by atoms with van der Waals surface area (Å²) in [5.41, 5.74) is 11.7. The second kappa shape index (κ2) is 10.6. The summed E-state index contributed by atoms with van der Waals surface area (Å²) in [6.07, 6.45) is 0.898. The van der Waals surface area contributed by atoms with Crippen molar-refractivity contribution in [2.45, 2.75) is 6.42 Å². The Morgan fingerprint density at radius 3 is 1.90 bits per heavy atom. The molecule has 0 N–H and O–H groups in total. The third-order valence-corrected chi connectivity index (χ3v) is 9.54. The van der Waals surface area contributed by atoms with Crippen LogP contribution in [0.25, 0.3) is 89.1 Å². The normalized spacial score (nSPS) is 12.1. The Hall–Kier alpha value is -6.39. The quantitative estimate of drug-likeness (QED) is 0.198. The van der Waals surface area contributed by atoms with Crippen LogP contribution in [0.3, 0.4) is 0 Å². The average Bonchev–Trinajstić information content (AvgIpc) is 3.72. The highest BCUT2D eigenvalue weighted by Gasteiger charge is 2.26. The van der Waals surface area contributed by atoms with Gasteiger partial charge in [0, 0.05) is 27.5 Å². The number of hydrogen-bond donors (Lipinski definition) is 0. The van der Waals surface area contributed by atoms with Crippen LogP contribution in [0.15, 0.2) is 156 Å². The van der Waals surface area contributed by atoms with Gasteiger partial charge >= 0.3 is 0 Å². The molecule has 0 radical (unpaired) electrons. The number of fused-ring (bicyclic) bond motifs is 7. The molecule has 0 fully saturated rings. The maximum atomic E-state index is 6.57. The molecule has 2 heterocycles. The Labute approximate surface area is 277 Å². The fourth-order valence-electron chi connectivity index (χ4n) is 7.34. The summed E-state index contributed by atoms with van der Waals surface area (Å²) in [5, 5.41) is 4.33. The number of rotatable bonds is 4. The number of nitrogens with zero attached hydrogens (tertiary/aromatic N) is 3. The summed E-state index contributed by atoms with van der Waals surface area (Å²) in [5.74, 6) is 1.90. The van der Waals surface area contributed by atoms with Gasteiger partial charge in [0.2, 0.25) is 0 Å². The van der Waals surface area contributed by atoms with E-state index in [1.807, 2.05) is 24.3 Å². The first kappa shape index (κ1) is 26.8. The molecular weight excluding hydrogens is 587 g/mol. The van der Waals surface area contributed by atoms with Crippen LogP contribution in [0.5, 0.6) is 0 Å². The van der Waals surface area contributed by atoms with Gasteiger partial charge in [-0.1, -0.05) is 127 Å². The summed E-state index contributed by atoms with van der Waals surface area (Å²) in [4.78, 5) is 15.8. The van der Waals surface area contributed by atoms with Crippen LogP contribution in [0.2, 0.25) is 0 Å². The number of aromatic nitrogens is 3. The Morgan fingerprint density at radius 1 is 0.417 bits per heavy atom. The zero-order chi connectivity index (χ0) is 31.6. The van der Waals surface area contributed by atoms with Crippen molar-refractivity contribution < 1.29 is 4.42 Å². The molecule has 48 heavy (non-hydrogen) atoms. The Kier molecular flexibility index (Phi) is 5.90. The molecule has 0 saturated carbocycles. The fraction of sp³-hybridized carbons (Fsp3) is 0.0227. The summed E-state index contributed by atoms with van der Waals surface area (Å²) in [6, 6.07) is 52.8. The SMILES string of the molecule is c1ccc(-c2nc(-c3cccc4c3-c3ccccc3C4)nc(-c3c(-c4ccccc4)ccc4oc5cc6ccccc6cc5c34)n2)cc1. The largest absolute Gasteiger partial charge is 0.456 e. The summed E-state index contributed by atoms with van der Waals surface area (Å²) < 4.78 is 6.57. The predicted octanol–water partition coefficient (Wildman–Crippen LogP) is 11.2. The Balaban J connectivity index is 1.32. The fourth-order valence-corrected chi connectivity index (χ4v) is 7.34. The maximum Gasteiger partial charge on any atom is 0.165 e. The molecule has 0 unspecified atom stereocenters. The summed E-state index contributed by atoms with van der Waals surface area (Å²) in [7, 11) is 0. The van der Waals surface area contributed by atoms with Gasteiger partial charge in [0.15, 0.2) is 17.5 Å². The van der Waals surface area contributed by atoms with Crippen LogP contribution in [0.1, 0.15) is 11.1 Å². The molecular formula is C44H27N3O. The average molecular weight is 614 g/mol. The second-order valence-electron chi connectivity index (χ2n) is 12.4. The molecule has 0 spiro atoms. The van der Waals surface area contributed by atoms with E-state index < -0.39 is 0 Å². The van der Waals surface area contributed by atoms with Gasteiger partial charge in [-0.05, 0) is 74.8 Å². The lowest BCUT2D eigenvalue weighted by molar-refractivity contribution is 0.669. The second-order valence-corrected chi connectivity index (χ2v) is 12.4. The molecule has 0 atom stereocenters. The topological polar surface area (TPSA) is 51.8 Å². The zero-order valence-corrected chi connectivity index (χ0v) is 25.9. The minimum absolute atomic E-state index is 0.614. The lowest BCUT2D eigenvalue weighted by Crippen LogP contribution is -2.02. The van der Waals surface area contributed by atoms with E-state index in [-0.39, 0.29) is 0 Å². The van der Waals surface area contributed by atoms with Crippen LogP contribution in [0, 0.1) is 0 Å². The lowest BCUT2D eigenvalue weighted by Gasteiger charge is -2.15. The molecule has 4 heteroatoms. The predicted molar refractivity (Wildman–Crippen MR) is 195 cm³/mol. The van der Waals surface area contributed by atoms with Crippen molar-refractivity contribution in [3.8, 4) is 56.4 Å². The van der Waals surface area contributed by atoms with Crippen LogP contribution in [-0.2, 0) is 6.42 Å². The van der Waals surface area contributed by atoms with Gasteiger partial charge in [0.1, 0.15) is 11.2 Å². The van der Waals surface area contributed by atoms with E-state index in [1.165, 1.54) is 22.3 Å². The van der Waals surface area contributed by atoms with Crippen LogP contribution < -0.4 is 0 Å². The van der Waals surface area contributed by atoms with E-state index in [4.69, 9.17) is 19.4 Å². The van der Waals surface area contributed by atoms with Crippen molar-refractivity contribution in [2.75, 3.05) is 0 Å². The highest BCUT2D eigenvalue weighted by atomic mass is 16.3. The number of furan rings is 1. The minimum atomic E-state index is 0.614. The van der Waals surface area contributed by atoms with Crippen LogP contribution in [0.4, 0.5) is 0 Å². The lowest BCUT2D eigenvalue weighted by atomic mass is 9.94. The molecule has 0 bridgehead atoms. The van der Waals surface area contributed by atoms with Gasteiger partial charge in [0.05, 0.1) is 0 Å². The molecule has 0 aliphatic heterocycles. The molecule has 1 aliphatic rings. The van der Waals surface area contributed by atoms with Gasteiger partial charge in [-0.3, -0.25) is 0 Å². The molecule has 0 saturated heterocycles. The summed E-state index contributed by atoms with van der Waals surface area (Å²) in [6.45, 7) is 0. The minimum Gasteiger partial charge on any atom is -0.456 e. The molecule has 2 aromatic heterocycles. The van der Waals surface area contributed by atoms with E-state index >= 15 is 0 Å². The molecule has 10 rings (SSSR count). The molecule has 224 valence electrons. The smallest absolute Gasteiger partial charge is 0.165 e. The molecule has 1 aliphatic carbocycles. The number of hydrogen-bond acceptors (Lipinski definition) is 4. The monoisotopic (exact) mass is 613 g/mol. The van der Waals surface area contributed by atoms with Crippen molar-refractivity contribution >= 4 is 32.7 Å². The highest BCUT2D eigenvalue weighted by Crippen LogP contribution is 2.45. The molecule has 9 aromatic rings. The zero-order valence-electron chi connectivity index (χ0n) is 25.9. The molecule has 4 nitrogen and oxygen atoms in total. The highest BCUT2D eigenvalue weighted by molar-refractivity contribution is 6.17. The van der Waals surface area contributed by atoms with Crippen LogP contribution in [-0.4, -0.2) is 15.0 Å². The molecule has 7 aromatic carbocycles. The van der Waals surface area contributed by atoms with E-state index in [9.17, 15) is 0 Å². The van der Waals surface area contributed by atoms with Crippen molar-refractivity contribution in [1.29, 1.82) is 0 Å². The first-order valence-electron chi connectivity index (χ1n) is 16.2. The Bertz CT molecular complexity index is 2690. The van der Waals surface area contributed by atoms with Crippen molar-refractivity contribution in [3.63, 3.8) is 0 Å². The van der Waals surface area contributed by atoms with Crippen LogP contribution >= 0.6 is 0 Å². The van der Waals surface area contributed by atoms with Crippen molar-refractivity contribution in [2.24, 2.45) is 0 Å². The maximum absolute atomic E-state index is 6.57. The van der Waals surface area contributed by atoms with Gasteiger partial charge in [-0.2, -0.15) is 0 Å². The molecule has 0 amide bonds. The van der Waals surface area contributed by atoms with E-state index in [1.54, 1.807) is 0 Å². The first-order chi connectivity index (χ1) is 23.8. The third-order valence-electron chi connectivity index (χ3n) is 9.54.